The van der Waals surface area contributed by atoms with Crippen LogP contribution in [0.5, 0.6) is 0 Å². The van der Waals surface area contributed by atoms with Gasteiger partial charge in [0.2, 0.25) is 0 Å². The van der Waals surface area contributed by atoms with Gasteiger partial charge in [-0.2, -0.15) is 0 Å². The molecule has 1 N–H and O–H groups in total. The van der Waals surface area contributed by atoms with E-state index in [9.17, 15) is 4.79 Å². The first kappa shape index (κ1) is 10.4. The highest BCUT2D eigenvalue weighted by Crippen LogP contribution is 2.20. The van der Waals surface area contributed by atoms with Gasteiger partial charge in [-0.25, -0.2) is 4.79 Å². The third-order valence-corrected chi connectivity index (χ3v) is 2.28. The van der Waals surface area contributed by atoms with E-state index in [1.807, 2.05) is 11.8 Å². The molecule has 0 saturated heterocycles. The number of rotatable bonds is 2. The van der Waals surface area contributed by atoms with Crippen molar-refractivity contribution in [2.45, 2.75) is 52.1 Å². The van der Waals surface area contributed by atoms with Crippen LogP contribution in [0.25, 0.3) is 0 Å². The molecule has 13 heavy (non-hydrogen) atoms. The third-order valence-electron chi connectivity index (χ3n) is 2.28. The maximum absolute atomic E-state index is 11.7. The van der Waals surface area contributed by atoms with E-state index in [-0.39, 0.29) is 11.6 Å². The molecule has 2 amide bonds. The van der Waals surface area contributed by atoms with E-state index in [0.717, 1.165) is 19.4 Å². The average molecular weight is 184 g/mol. The van der Waals surface area contributed by atoms with E-state index < -0.39 is 0 Å². The molecule has 1 fully saturated rings. The Hall–Kier alpha value is -0.730. The highest BCUT2D eigenvalue weighted by Gasteiger charge is 2.29. The molecule has 0 aromatic heterocycles. The Labute approximate surface area is 80.5 Å². The van der Waals surface area contributed by atoms with E-state index in [1.54, 1.807) is 0 Å². The van der Waals surface area contributed by atoms with Crippen LogP contribution in [0.15, 0.2) is 0 Å². The van der Waals surface area contributed by atoms with Crippen LogP contribution in [-0.4, -0.2) is 29.1 Å². The van der Waals surface area contributed by atoms with Crippen molar-refractivity contribution in [3.05, 3.63) is 0 Å². The van der Waals surface area contributed by atoms with Crippen LogP contribution < -0.4 is 5.32 Å². The second kappa shape index (κ2) is 3.56. The van der Waals surface area contributed by atoms with Crippen molar-refractivity contribution in [2.75, 3.05) is 6.54 Å². The Bertz CT molecular complexity index is 192. The molecular weight excluding hydrogens is 164 g/mol. The van der Waals surface area contributed by atoms with Gasteiger partial charge in [0.25, 0.3) is 0 Å². The van der Waals surface area contributed by atoms with Gasteiger partial charge in [0, 0.05) is 18.1 Å². The lowest BCUT2D eigenvalue weighted by Crippen LogP contribution is -2.50. The molecule has 1 rings (SSSR count). The number of hydrogen-bond donors (Lipinski definition) is 1. The summed E-state index contributed by atoms with van der Waals surface area (Å²) in [4.78, 5) is 13.6. The summed E-state index contributed by atoms with van der Waals surface area (Å²) >= 11 is 0. The highest BCUT2D eigenvalue weighted by atomic mass is 16.2. The maximum Gasteiger partial charge on any atom is 0.318 e. The smallest absolute Gasteiger partial charge is 0.318 e. The fourth-order valence-corrected chi connectivity index (χ4v) is 1.40. The van der Waals surface area contributed by atoms with Gasteiger partial charge in [-0.1, -0.05) is 0 Å². The van der Waals surface area contributed by atoms with E-state index in [0.29, 0.717) is 6.04 Å². The summed E-state index contributed by atoms with van der Waals surface area (Å²) in [7, 11) is 0. The number of urea groups is 1. The highest BCUT2D eigenvalue weighted by molar-refractivity contribution is 5.75. The lowest BCUT2D eigenvalue weighted by atomic mass is 10.1. The fraction of sp³-hybridized carbons (Fsp3) is 0.900. The van der Waals surface area contributed by atoms with Gasteiger partial charge in [-0.15, -0.1) is 0 Å². The molecule has 1 aliphatic rings. The van der Waals surface area contributed by atoms with E-state index in [2.05, 4.69) is 26.1 Å². The van der Waals surface area contributed by atoms with Crippen molar-refractivity contribution in [1.29, 1.82) is 0 Å². The molecule has 0 unspecified atom stereocenters. The van der Waals surface area contributed by atoms with Crippen LogP contribution in [0.2, 0.25) is 0 Å². The van der Waals surface area contributed by atoms with Crippen molar-refractivity contribution in [3.63, 3.8) is 0 Å². The number of nitrogens with zero attached hydrogens (tertiary/aromatic N) is 1. The van der Waals surface area contributed by atoms with Gasteiger partial charge < -0.3 is 10.2 Å². The number of nitrogens with one attached hydrogen (secondary N) is 1. The van der Waals surface area contributed by atoms with Crippen LogP contribution in [-0.2, 0) is 0 Å². The zero-order valence-corrected chi connectivity index (χ0v) is 9.05. The molecular formula is C10H20N2O. The predicted molar refractivity (Wildman–Crippen MR) is 53.7 cm³/mol. The second-order valence-corrected chi connectivity index (χ2v) is 4.64. The lowest BCUT2D eigenvalue weighted by molar-refractivity contribution is 0.149. The molecule has 76 valence electrons. The van der Waals surface area contributed by atoms with Gasteiger partial charge in [0.15, 0.2) is 0 Å². The monoisotopic (exact) mass is 184 g/mol. The Balaban J connectivity index is 2.48. The number of carbonyl (C=O) groups excluding carboxylic acids is 1. The van der Waals surface area contributed by atoms with Crippen molar-refractivity contribution in [2.24, 2.45) is 0 Å². The van der Waals surface area contributed by atoms with Gasteiger partial charge >= 0.3 is 6.03 Å². The molecule has 0 aromatic carbocycles. The van der Waals surface area contributed by atoms with Gasteiger partial charge in [-0.3, -0.25) is 0 Å². The van der Waals surface area contributed by atoms with Crippen LogP contribution >= 0.6 is 0 Å². The SMILES string of the molecule is CCN(C(=O)NC1CC1)C(C)(C)C. The van der Waals surface area contributed by atoms with Crippen LogP contribution in [0.4, 0.5) is 4.79 Å². The predicted octanol–water partition coefficient (Wildman–Crippen LogP) is 1.98. The Morgan fingerprint density at radius 3 is 2.31 bits per heavy atom. The molecule has 3 nitrogen and oxygen atoms in total. The fourth-order valence-electron chi connectivity index (χ4n) is 1.40. The van der Waals surface area contributed by atoms with Gasteiger partial charge in [-0.05, 0) is 40.5 Å². The van der Waals surface area contributed by atoms with Crippen molar-refractivity contribution in [3.8, 4) is 0 Å². The summed E-state index contributed by atoms with van der Waals surface area (Å²) in [6.45, 7) is 8.95. The summed E-state index contributed by atoms with van der Waals surface area (Å²) in [6.07, 6.45) is 2.29. The number of hydrogen-bond acceptors (Lipinski definition) is 1. The van der Waals surface area contributed by atoms with Gasteiger partial charge in [0.05, 0.1) is 0 Å². The lowest BCUT2D eigenvalue weighted by Gasteiger charge is -2.34. The molecule has 0 spiro atoms. The van der Waals surface area contributed by atoms with Crippen LogP contribution in [0.3, 0.4) is 0 Å². The Kier molecular flexibility index (Phi) is 2.84. The summed E-state index contributed by atoms with van der Waals surface area (Å²) in [5.74, 6) is 0. The molecule has 0 radical (unpaired) electrons. The molecule has 1 aliphatic carbocycles. The van der Waals surface area contributed by atoms with Crippen LogP contribution in [0, 0.1) is 0 Å². The van der Waals surface area contributed by atoms with Gasteiger partial charge in [0.1, 0.15) is 0 Å². The molecule has 3 heteroatoms. The minimum Gasteiger partial charge on any atom is -0.335 e. The van der Waals surface area contributed by atoms with Crippen molar-refractivity contribution in [1.82, 2.24) is 10.2 Å². The quantitative estimate of drug-likeness (QED) is 0.699. The Morgan fingerprint density at radius 2 is 2.00 bits per heavy atom. The topological polar surface area (TPSA) is 32.3 Å². The number of carbonyl (C=O) groups is 1. The largest absolute Gasteiger partial charge is 0.335 e. The molecule has 0 aliphatic heterocycles. The average Bonchev–Trinajstić information content (AvgIpc) is 2.69. The van der Waals surface area contributed by atoms with E-state index in [1.165, 1.54) is 0 Å². The first-order chi connectivity index (χ1) is 5.95. The molecule has 0 atom stereocenters. The molecule has 0 bridgehead atoms. The molecule has 0 aromatic rings. The zero-order chi connectivity index (χ0) is 10.1. The van der Waals surface area contributed by atoms with E-state index >= 15 is 0 Å². The first-order valence-corrected chi connectivity index (χ1v) is 5.03. The summed E-state index contributed by atoms with van der Waals surface area (Å²) in [5.41, 5.74) is -0.0757. The van der Waals surface area contributed by atoms with Crippen molar-refractivity contribution < 1.29 is 4.79 Å². The normalized spacial score (nSPS) is 16.9. The Morgan fingerprint density at radius 1 is 1.46 bits per heavy atom. The zero-order valence-electron chi connectivity index (χ0n) is 9.05. The summed E-state index contributed by atoms with van der Waals surface area (Å²) in [5, 5.41) is 3.00. The van der Waals surface area contributed by atoms with Crippen molar-refractivity contribution >= 4 is 6.03 Å². The third kappa shape index (κ3) is 2.90. The maximum atomic E-state index is 11.7. The first-order valence-electron chi connectivity index (χ1n) is 5.03. The minimum atomic E-state index is -0.0757. The van der Waals surface area contributed by atoms with E-state index in [4.69, 9.17) is 0 Å². The minimum absolute atomic E-state index is 0.0757. The second-order valence-electron chi connectivity index (χ2n) is 4.64. The summed E-state index contributed by atoms with van der Waals surface area (Å²) < 4.78 is 0. The molecule has 1 saturated carbocycles. The standard InChI is InChI=1S/C10H20N2O/c1-5-12(10(2,3)4)9(13)11-8-6-7-8/h8H,5-7H2,1-4H3,(H,11,13). The number of amides is 2. The summed E-state index contributed by atoms with van der Waals surface area (Å²) in [6, 6.07) is 0.529. The van der Waals surface area contributed by atoms with Crippen LogP contribution in [0.1, 0.15) is 40.5 Å². The molecule has 0 heterocycles.